The number of anilines is 1. The summed E-state index contributed by atoms with van der Waals surface area (Å²) in [6, 6.07) is -2.57. The molecule has 2 atom stereocenters. The first-order chi connectivity index (χ1) is 18.0. The van der Waals surface area contributed by atoms with E-state index in [2.05, 4.69) is 20.8 Å². The van der Waals surface area contributed by atoms with Crippen LogP contribution in [-0.4, -0.2) is 86.1 Å². The number of carbonyl (C=O) groups excluding carboxylic acids is 3. The predicted octanol–water partition coefficient (Wildman–Crippen LogP) is -2.10. The van der Waals surface area contributed by atoms with Crippen LogP contribution in [0.4, 0.5) is 5.13 Å². The summed E-state index contributed by atoms with van der Waals surface area (Å²) in [6.45, 7) is 1.59. The summed E-state index contributed by atoms with van der Waals surface area (Å²) in [7, 11) is -5.14. The van der Waals surface area contributed by atoms with E-state index >= 15 is 0 Å². The van der Waals surface area contributed by atoms with Gasteiger partial charge in [-0.2, -0.15) is 8.42 Å². The van der Waals surface area contributed by atoms with E-state index in [1.165, 1.54) is 5.38 Å². The first-order valence-electron chi connectivity index (χ1n) is 10.5. The first-order valence-corrected chi connectivity index (χ1v) is 12.7. The number of aliphatic carboxylic acids is 1. The molecular formula is C19H20N6O12S2. The molecule has 20 heteroatoms. The number of aromatic nitrogens is 1. The van der Waals surface area contributed by atoms with Crippen LogP contribution in [0.25, 0.3) is 0 Å². The number of rotatable bonds is 10. The zero-order valence-corrected chi connectivity index (χ0v) is 21.5. The standard InChI is InChI=1S/C19H20N6O12S2/c1-19(2,17(31)32)37-24-12(7-6-38-18(20)22-7)15(29)23-13-8(25(16(13)30)39(33,34)35)4-21-14(28)11-3-9(26)10(27)5-36-11/h3,5-6,8,13,27H,4H2,1-2H3,(H2,20,22)(H,21,28)(H,23,29)(H,31,32)(H,33,34,35)/b24-12-/t8-,13+/m1/s1. The maximum Gasteiger partial charge on any atom is 0.362 e. The van der Waals surface area contributed by atoms with Gasteiger partial charge in [0.05, 0.1) is 6.04 Å². The summed E-state index contributed by atoms with van der Waals surface area (Å²) in [4.78, 5) is 69.5. The van der Waals surface area contributed by atoms with Crippen molar-refractivity contribution in [2.24, 2.45) is 5.16 Å². The number of β-lactam (4-membered cyclic amide) rings is 1. The van der Waals surface area contributed by atoms with Crippen molar-refractivity contribution in [1.29, 1.82) is 0 Å². The van der Waals surface area contributed by atoms with E-state index in [1.807, 2.05) is 0 Å². The molecule has 2 aromatic rings. The molecule has 0 aromatic carbocycles. The molecule has 3 heterocycles. The van der Waals surface area contributed by atoms with E-state index in [4.69, 9.17) is 15.0 Å². The summed E-state index contributed by atoms with van der Waals surface area (Å²) in [5, 5.41) is 27.6. The van der Waals surface area contributed by atoms with Crippen LogP contribution < -0.4 is 21.8 Å². The quantitative estimate of drug-likeness (QED) is 0.0750. The topological polar surface area (TPSA) is 281 Å². The van der Waals surface area contributed by atoms with E-state index in [-0.39, 0.29) is 15.1 Å². The molecule has 1 saturated heterocycles. The van der Waals surface area contributed by atoms with Gasteiger partial charge in [0.15, 0.2) is 22.4 Å². The maximum atomic E-state index is 13.0. The third-order valence-corrected chi connectivity index (χ3v) is 6.69. The molecule has 0 bridgehead atoms. The Hall–Kier alpha value is -4.56. The van der Waals surface area contributed by atoms with Gasteiger partial charge in [0.1, 0.15) is 18.0 Å². The molecule has 0 aliphatic carbocycles. The van der Waals surface area contributed by atoms with E-state index < -0.39 is 80.9 Å². The molecule has 1 aliphatic heterocycles. The number of nitrogens with one attached hydrogen (secondary N) is 2. The molecule has 0 unspecified atom stereocenters. The summed E-state index contributed by atoms with van der Waals surface area (Å²) >= 11 is 0.897. The minimum Gasteiger partial charge on any atom is -0.502 e. The highest BCUT2D eigenvalue weighted by Crippen LogP contribution is 2.24. The average Bonchev–Trinajstić information content (AvgIpc) is 3.26. The zero-order chi connectivity index (χ0) is 29.3. The van der Waals surface area contributed by atoms with Crippen molar-refractivity contribution in [3.8, 4) is 5.75 Å². The lowest BCUT2D eigenvalue weighted by Crippen LogP contribution is -2.74. The molecule has 0 radical (unpaired) electrons. The van der Waals surface area contributed by atoms with Crippen molar-refractivity contribution in [1.82, 2.24) is 19.9 Å². The Labute approximate surface area is 221 Å². The number of carboxylic acid groups (broad SMARTS) is 1. The van der Waals surface area contributed by atoms with Gasteiger partial charge in [-0.1, -0.05) is 5.16 Å². The second-order valence-electron chi connectivity index (χ2n) is 8.25. The second kappa shape index (κ2) is 10.7. The largest absolute Gasteiger partial charge is 0.502 e. The van der Waals surface area contributed by atoms with Crippen LogP contribution in [0.1, 0.15) is 30.1 Å². The van der Waals surface area contributed by atoms with Crippen LogP contribution in [-0.2, 0) is 29.5 Å². The fourth-order valence-electron chi connectivity index (χ4n) is 2.98. The Kier molecular flexibility index (Phi) is 7.93. The van der Waals surface area contributed by atoms with Gasteiger partial charge < -0.3 is 35.8 Å². The van der Waals surface area contributed by atoms with Gasteiger partial charge in [-0.05, 0) is 13.8 Å². The lowest BCUT2D eigenvalue weighted by molar-refractivity contribution is -0.161. The van der Waals surface area contributed by atoms with Gasteiger partial charge in [0.2, 0.25) is 11.0 Å². The molecule has 7 N–H and O–H groups in total. The Bertz CT molecular complexity index is 1530. The van der Waals surface area contributed by atoms with Crippen molar-refractivity contribution in [3.63, 3.8) is 0 Å². The smallest absolute Gasteiger partial charge is 0.362 e. The third-order valence-electron chi connectivity index (χ3n) is 5.07. The van der Waals surface area contributed by atoms with Crippen molar-refractivity contribution < 1.29 is 51.6 Å². The van der Waals surface area contributed by atoms with Crippen LogP contribution >= 0.6 is 11.3 Å². The molecule has 3 amide bonds. The van der Waals surface area contributed by atoms with Crippen molar-refractivity contribution >= 4 is 56.2 Å². The van der Waals surface area contributed by atoms with Gasteiger partial charge in [-0.25, -0.2) is 14.1 Å². The van der Waals surface area contributed by atoms with E-state index in [1.54, 1.807) is 0 Å². The van der Waals surface area contributed by atoms with Crippen LogP contribution in [0.2, 0.25) is 0 Å². The summed E-state index contributed by atoms with van der Waals surface area (Å²) in [5.74, 6) is -6.29. The molecule has 2 aromatic heterocycles. The van der Waals surface area contributed by atoms with Gasteiger partial charge in [-0.15, -0.1) is 11.3 Å². The normalized spacial score (nSPS) is 17.8. The van der Waals surface area contributed by atoms with Gasteiger partial charge in [0, 0.05) is 18.0 Å². The van der Waals surface area contributed by atoms with E-state index in [0.29, 0.717) is 12.3 Å². The Balaban J connectivity index is 1.84. The van der Waals surface area contributed by atoms with Gasteiger partial charge in [0.25, 0.3) is 17.7 Å². The van der Waals surface area contributed by atoms with E-state index in [0.717, 1.165) is 25.2 Å². The highest BCUT2D eigenvalue weighted by Gasteiger charge is 2.54. The minimum absolute atomic E-state index is 0.00161. The number of carbonyl (C=O) groups is 4. The molecular weight excluding hydrogens is 568 g/mol. The minimum atomic E-state index is -5.14. The fourth-order valence-corrected chi connectivity index (χ4v) is 4.41. The summed E-state index contributed by atoms with van der Waals surface area (Å²) in [5.41, 5.74) is 1.95. The SMILES string of the molecule is CC(C)(O/N=C(\C(=O)N[C@@H]1C(=O)N(S(=O)(=O)O)[C@@H]1CNC(=O)c1cc(=O)c(O)co1)c1csc(N)n1)C(=O)O. The first kappa shape index (κ1) is 29.0. The van der Waals surface area contributed by atoms with Crippen LogP contribution in [0.5, 0.6) is 5.75 Å². The van der Waals surface area contributed by atoms with Crippen LogP contribution in [0.3, 0.4) is 0 Å². The molecule has 0 spiro atoms. The third kappa shape index (κ3) is 6.30. The Morgan fingerprint density at radius 3 is 2.54 bits per heavy atom. The number of carboxylic acids is 1. The van der Waals surface area contributed by atoms with E-state index in [9.17, 15) is 47.2 Å². The van der Waals surface area contributed by atoms with Gasteiger partial charge >= 0.3 is 16.3 Å². The molecule has 1 aliphatic rings. The fraction of sp³-hybridized carbons (Fsp3) is 0.316. The summed E-state index contributed by atoms with van der Waals surface area (Å²) in [6.07, 6.45) is 0.595. The molecule has 18 nitrogen and oxygen atoms in total. The Morgan fingerprint density at radius 2 is 2.00 bits per heavy atom. The highest BCUT2D eigenvalue weighted by atomic mass is 32.2. The number of nitrogens with two attached hydrogens (primary N) is 1. The highest BCUT2D eigenvalue weighted by molar-refractivity contribution is 7.84. The number of aromatic hydroxyl groups is 1. The molecule has 0 saturated carbocycles. The molecule has 39 heavy (non-hydrogen) atoms. The lowest BCUT2D eigenvalue weighted by atomic mass is 9.98. The number of amides is 3. The van der Waals surface area contributed by atoms with Gasteiger partial charge in [-0.3, -0.25) is 23.7 Å². The lowest BCUT2D eigenvalue weighted by Gasteiger charge is -2.44. The average molecular weight is 589 g/mol. The number of nitrogens with zero attached hydrogens (tertiary/aromatic N) is 3. The number of oxime groups is 1. The molecule has 1 fully saturated rings. The number of hydrogen-bond acceptors (Lipinski definition) is 14. The van der Waals surface area contributed by atoms with Crippen LogP contribution in [0.15, 0.2) is 32.1 Å². The number of hydrogen-bond donors (Lipinski definition) is 6. The maximum absolute atomic E-state index is 13.0. The zero-order valence-electron chi connectivity index (χ0n) is 19.8. The second-order valence-corrected chi connectivity index (χ2v) is 10.4. The van der Waals surface area contributed by atoms with Crippen molar-refractivity contribution in [2.45, 2.75) is 31.5 Å². The molecule has 3 rings (SSSR count). The number of nitrogen functional groups attached to an aromatic ring is 1. The van der Waals surface area contributed by atoms with Crippen molar-refractivity contribution in [2.75, 3.05) is 12.3 Å². The monoisotopic (exact) mass is 588 g/mol. The number of thiazole rings is 1. The Morgan fingerprint density at radius 1 is 1.33 bits per heavy atom. The van der Waals surface area contributed by atoms with Crippen LogP contribution in [0, 0.1) is 0 Å². The predicted molar refractivity (Wildman–Crippen MR) is 129 cm³/mol. The molecule has 210 valence electrons. The van der Waals surface area contributed by atoms with Crippen molar-refractivity contribution in [3.05, 3.63) is 39.4 Å². The summed E-state index contributed by atoms with van der Waals surface area (Å²) < 4.78 is 37.7.